The Morgan fingerprint density at radius 3 is 2.52 bits per heavy atom. The number of halogens is 1. The van der Waals surface area contributed by atoms with E-state index in [1.54, 1.807) is 20.1 Å². The number of aliphatic imine (C=N–C) groups is 1. The largest absolute Gasteiger partial charge is 0.497 e. The van der Waals surface area contributed by atoms with Crippen LogP contribution in [0.1, 0.15) is 36.6 Å². The highest BCUT2D eigenvalue weighted by Crippen LogP contribution is 2.16. The standard InChI is InChI=1S/C22H29FN4O2/c1-5-24-22(27-16(3)18-9-6-15(2)20(23)12-18)26-14-21(28)25-13-17-7-10-19(29-4)11-8-17/h6-12,16H,5,13-14H2,1-4H3,(H,25,28)(H2,24,26,27). The zero-order chi connectivity index (χ0) is 21.2. The zero-order valence-corrected chi connectivity index (χ0v) is 17.4. The van der Waals surface area contributed by atoms with Crippen molar-refractivity contribution in [3.8, 4) is 5.75 Å². The molecule has 2 rings (SSSR count). The molecule has 1 unspecified atom stereocenters. The molecule has 0 spiro atoms. The van der Waals surface area contributed by atoms with Gasteiger partial charge in [-0.25, -0.2) is 9.38 Å². The molecule has 29 heavy (non-hydrogen) atoms. The maximum absolute atomic E-state index is 13.8. The first kappa shape index (κ1) is 22.2. The number of ether oxygens (including phenoxy) is 1. The number of hydrogen-bond acceptors (Lipinski definition) is 3. The fraction of sp³-hybridized carbons (Fsp3) is 0.364. The molecule has 0 aliphatic heterocycles. The molecule has 2 aromatic carbocycles. The molecule has 7 heteroatoms. The molecular formula is C22H29FN4O2. The smallest absolute Gasteiger partial charge is 0.242 e. The number of nitrogens with zero attached hydrogens (tertiary/aromatic N) is 1. The average molecular weight is 400 g/mol. The van der Waals surface area contributed by atoms with Gasteiger partial charge >= 0.3 is 0 Å². The van der Waals surface area contributed by atoms with Crippen molar-refractivity contribution in [2.45, 2.75) is 33.4 Å². The second-order valence-corrected chi connectivity index (χ2v) is 6.69. The third-order valence-electron chi connectivity index (χ3n) is 4.42. The molecule has 0 heterocycles. The minimum Gasteiger partial charge on any atom is -0.497 e. The van der Waals surface area contributed by atoms with Crippen molar-refractivity contribution in [1.29, 1.82) is 0 Å². The average Bonchev–Trinajstić information content (AvgIpc) is 2.72. The van der Waals surface area contributed by atoms with Crippen molar-refractivity contribution in [3.05, 3.63) is 65.0 Å². The number of carbonyl (C=O) groups excluding carboxylic acids is 1. The summed E-state index contributed by atoms with van der Waals surface area (Å²) in [5.74, 6) is 0.845. The predicted octanol–water partition coefficient (Wildman–Crippen LogP) is 3.08. The van der Waals surface area contributed by atoms with Crippen LogP contribution in [0.15, 0.2) is 47.5 Å². The molecule has 0 fully saturated rings. The van der Waals surface area contributed by atoms with Crippen molar-refractivity contribution >= 4 is 11.9 Å². The van der Waals surface area contributed by atoms with Gasteiger partial charge < -0.3 is 20.7 Å². The second kappa shape index (κ2) is 11.0. The number of benzene rings is 2. The Balaban J connectivity index is 1.90. The van der Waals surface area contributed by atoms with Gasteiger partial charge in [0.2, 0.25) is 5.91 Å². The van der Waals surface area contributed by atoms with E-state index in [0.29, 0.717) is 24.6 Å². The number of nitrogens with one attached hydrogen (secondary N) is 3. The number of rotatable bonds is 8. The summed E-state index contributed by atoms with van der Waals surface area (Å²) in [6.07, 6.45) is 0. The van der Waals surface area contributed by atoms with Gasteiger partial charge in [-0.05, 0) is 55.7 Å². The summed E-state index contributed by atoms with van der Waals surface area (Å²) in [6.45, 7) is 6.64. The van der Waals surface area contributed by atoms with Crippen LogP contribution in [0.25, 0.3) is 0 Å². The van der Waals surface area contributed by atoms with E-state index in [1.807, 2.05) is 44.2 Å². The molecule has 6 nitrogen and oxygen atoms in total. The molecule has 0 aliphatic carbocycles. The lowest BCUT2D eigenvalue weighted by Gasteiger charge is -2.18. The highest BCUT2D eigenvalue weighted by atomic mass is 19.1. The summed E-state index contributed by atoms with van der Waals surface area (Å²) in [7, 11) is 1.61. The van der Waals surface area contributed by atoms with E-state index in [-0.39, 0.29) is 24.3 Å². The van der Waals surface area contributed by atoms with Crippen molar-refractivity contribution in [2.75, 3.05) is 20.2 Å². The maximum Gasteiger partial charge on any atom is 0.242 e. The first-order chi connectivity index (χ1) is 13.9. The Morgan fingerprint density at radius 2 is 1.90 bits per heavy atom. The Kier molecular flexibility index (Phi) is 8.45. The first-order valence-electron chi connectivity index (χ1n) is 9.63. The third-order valence-corrected chi connectivity index (χ3v) is 4.42. The molecule has 0 saturated heterocycles. The molecule has 0 aliphatic rings. The SMILES string of the molecule is CCNC(=NCC(=O)NCc1ccc(OC)cc1)NC(C)c1ccc(C)c(F)c1. The van der Waals surface area contributed by atoms with Gasteiger partial charge in [-0.3, -0.25) is 4.79 Å². The minimum atomic E-state index is -0.240. The summed E-state index contributed by atoms with van der Waals surface area (Å²) in [5.41, 5.74) is 2.39. The molecule has 0 bridgehead atoms. The van der Waals surface area contributed by atoms with Crippen LogP contribution in [0.3, 0.4) is 0 Å². The van der Waals surface area contributed by atoms with Gasteiger partial charge in [0.15, 0.2) is 5.96 Å². The molecular weight excluding hydrogens is 371 g/mol. The van der Waals surface area contributed by atoms with Gasteiger partial charge in [-0.15, -0.1) is 0 Å². The van der Waals surface area contributed by atoms with Crippen LogP contribution in [-0.2, 0) is 11.3 Å². The summed E-state index contributed by atoms with van der Waals surface area (Å²) in [5, 5.41) is 9.14. The first-order valence-corrected chi connectivity index (χ1v) is 9.63. The molecule has 3 N–H and O–H groups in total. The van der Waals surface area contributed by atoms with Crippen molar-refractivity contribution in [2.24, 2.45) is 4.99 Å². The second-order valence-electron chi connectivity index (χ2n) is 6.69. The lowest BCUT2D eigenvalue weighted by atomic mass is 10.1. The van der Waals surface area contributed by atoms with E-state index in [9.17, 15) is 9.18 Å². The van der Waals surface area contributed by atoms with Crippen LogP contribution in [0.5, 0.6) is 5.75 Å². The van der Waals surface area contributed by atoms with Gasteiger partial charge in [0.05, 0.1) is 13.2 Å². The monoisotopic (exact) mass is 400 g/mol. The summed E-state index contributed by atoms with van der Waals surface area (Å²) < 4.78 is 18.9. The summed E-state index contributed by atoms with van der Waals surface area (Å²) in [4.78, 5) is 16.5. The van der Waals surface area contributed by atoms with E-state index < -0.39 is 0 Å². The molecule has 0 saturated carbocycles. The van der Waals surface area contributed by atoms with E-state index in [1.165, 1.54) is 6.07 Å². The van der Waals surface area contributed by atoms with E-state index >= 15 is 0 Å². The number of aryl methyl sites for hydroxylation is 1. The minimum absolute atomic E-state index is 0.0134. The quantitative estimate of drug-likeness (QED) is 0.470. The van der Waals surface area contributed by atoms with Crippen LogP contribution in [0.2, 0.25) is 0 Å². The zero-order valence-electron chi connectivity index (χ0n) is 17.4. The predicted molar refractivity (Wildman–Crippen MR) is 114 cm³/mol. The number of guanidine groups is 1. The fourth-order valence-electron chi connectivity index (χ4n) is 2.64. The molecule has 0 aromatic heterocycles. The Labute approximate surface area is 171 Å². The van der Waals surface area contributed by atoms with E-state index in [4.69, 9.17) is 4.74 Å². The highest BCUT2D eigenvalue weighted by molar-refractivity contribution is 5.85. The molecule has 2 aromatic rings. The Morgan fingerprint density at radius 1 is 1.17 bits per heavy atom. The third kappa shape index (κ3) is 7.10. The Hall–Kier alpha value is -3.09. The lowest BCUT2D eigenvalue weighted by molar-refractivity contribution is -0.119. The van der Waals surface area contributed by atoms with Gasteiger partial charge in [0.1, 0.15) is 18.1 Å². The molecule has 1 atom stereocenters. The van der Waals surface area contributed by atoms with Crippen molar-refractivity contribution < 1.29 is 13.9 Å². The van der Waals surface area contributed by atoms with Gasteiger partial charge in [-0.2, -0.15) is 0 Å². The fourth-order valence-corrected chi connectivity index (χ4v) is 2.64. The van der Waals surface area contributed by atoms with Gasteiger partial charge in [0.25, 0.3) is 0 Å². The van der Waals surface area contributed by atoms with Crippen LogP contribution in [0.4, 0.5) is 4.39 Å². The number of carbonyl (C=O) groups is 1. The van der Waals surface area contributed by atoms with Crippen LogP contribution in [-0.4, -0.2) is 32.1 Å². The lowest BCUT2D eigenvalue weighted by Crippen LogP contribution is -2.39. The van der Waals surface area contributed by atoms with Crippen LogP contribution < -0.4 is 20.7 Å². The Bertz CT molecular complexity index is 837. The number of amides is 1. The molecule has 156 valence electrons. The van der Waals surface area contributed by atoms with E-state index in [2.05, 4.69) is 20.9 Å². The maximum atomic E-state index is 13.8. The number of methoxy groups -OCH3 is 1. The normalized spacial score (nSPS) is 12.2. The van der Waals surface area contributed by atoms with Gasteiger partial charge in [0, 0.05) is 13.1 Å². The van der Waals surface area contributed by atoms with Crippen molar-refractivity contribution in [1.82, 2.24) is 16.0 Å². The highest BCUT2D eigenvalue weighted by Gasteiger charge is 2.10. The van der Waals surface area contributed by atoms with Crippen LogP contribution in [0, 0.1) is 12.7 Å². The molecule has 0 radical (unpaired) electrons. The topological polar surface area (TPSA) is 74.8 Å². The summed E-state index contributed by atoms with van der Waals surface area (Å²) in [6, 6.07) is 12.5. The van der Waals surface area contributed by atoms with E-state index in [0.717, 1.165) is 16.9 Å². The molecule has 1 amide bonds. The summed E-state index contributed by atoms with van der Waals surface area (Å²) >= 11 is 0. The number of hydrogen-bond donors (Lipinski definition) is 3. The van der Waals surface area contributed by atoms with Crippen LogP contribution >= 0.6 is 0 Å². The van der Waals surface area contributed by atoms with Gasteiger partial charge in [-0.1, -0.05) is 24.3 Å². The van der Waals surface area contributed by atoms with Crippen molar-refractivity contribution in [3.63, 3.8) is 0 Å².